The largest absolute Gasteiger partial charge is 0.496 e. The zero-order valence-electron chi connectivity index (χ0n) is 13.5. The van der Waals surface area contributed by atoms with Crippen molar-refractivity contribution in [1.82, 2.24) is 14.8 Å². The molecule has 0 unspecified atom stereocenters. The molecule has 0 bridgehead atoms. The van der Waals surface area contributed by atoms with Gasteiger partial charge in [-0.2, -0.15) is 4.68 Å². The minimum atomic E-state index is -0.602. The minimum absolute atomic E-state index is 0.136. The average Bonchev–Trinajstić information content (AvgIpc) is 2.92. The number of pyridine rings is 1. The average molecular weight is 329 g/mol. The molecule has 0 N–H and O–H groups in total. The van der Waals surface area contributed by atoms with Crippen molar-refractivity contribution in [2.75, 3.05) is 7.11 Å². The molecule has 0 saturated carbocycles. The van der Waals surface area contributed by atoms with Gasteiger partial charge in [0.2, 0.25) is 5.89 Å². The maximum absolute atomic E-state index is 13.0. The van der Waals surface area contributed by atoms with Gasteiger partial charge in [0.05, 0.1) is 19.3 Å². The maximum Gasteiger partial charge on any atom is 0.437 e. The first kappa shape index (κ1) is 15.9. The Kier molecular flexibility index (Phi) is 4.16. The zero-order chi connectivity index (χ0) is 17.3. The maximum atomic E-state index is 13.0. The van der Waals surface area contributed by atoms with Crippen molar-refractivity contribution in [2.24, 2.45) is 0 Å². The monoisotopic (exact) mass is 329 g/mol. The minimum Gasteiger partial charge on any atom is -0.496 e. The van der Waals surface area contributed by atoms with Crippen LogP contribution < -0.4 is 10.5 Å². The lowest BCUT2D eigenvalue weighted by Gasteiger charge is -2.11. The lowest BCUT2D eigenvalue weighted by Crippen LogP contribution is -2.18. The Morgan fingerprint density at radius 2 is 1.96 bits per heavy atom. The summed E-state index contributed by atoms with van der Waals surface area (Å²) in [5, 5.41) is 4.16. The highest BCUT2D eigenvalue weighted by molar-refractivity contribution is 5.51. The molecule has 124 valence electrons. The van der Waals surface area contributed by atoms with Crippen molar-refractivity contribution in [3.63, 3.8) is 0 Å². The van der Waals surface area contributed by atoms with E-state index in [0.29, 0.717) is 11.3 Å². The molecule has 3 aromatic rings. The summed E-state index contributed by atoms with van der Waals surface area (Å²) in [6.07, 6.45) is 1.69. The van der Waals surface area contributed by atoms with E-state index < -0.39 is 5.76 Å². The van der Waals surface area contributed by atoms with E-state index >= 15 is 0 Å². The summed E-state index contributed by atoms with van der Waals surface area (Å²) in [7, 11) is 1.59. The molecule has 6 nitrogen and oxygen atoms in total. The molecule has 0 aliphatic heterocycles. The molecule has 1 aromatic carbocycles. The van der Waals surface area contributed by atoms with Crippen LogP contribution in [0.2, 0.25) is 0 Å². The number of hydrogen-bond donors (Lipinski definition) is 0. The number of methoxy groups -OCH3 is 1. The fourth-order valence-corrected chi connectivity index (χ4v) is 2.49. The molecule has 2 heterocycles. The first-order valence-corrected chi connectivity index (χ1v) is 7.32. The Bertz CT molecular complexity index is 929. The standard InChI is InChI=1S/C17H16FN3O3/c1-10-8-19-14(11(2)15(10)23-3)9-21-17(22)24-16(20-21)12-4-6-13(18)7-5-12/h4-8H,9H2,1-3H3. The van der Waals surface area contributed by atoms with E-state index in [1.807, 2.05) is 13.8 Å². The Morgan fingerprint density at radius 3 is 2.62 bits per heavy atom. The number of hydrogen-bond acceptors (Lipinski definition) is 5. The Hall–Kier alpha value is -2.96. The molecule has 3 rings (SSSR count). The van der Waals surface area contributed by atoms with E-state index in [1.165, 1.54) is 28.9 Å². The lowest BCUT2D eigenvalue weighted by atomic mass is 10.1. The number of aromatic nitrogens is 3. The van der Waals surface area contributed by atoms with Gasteiger partial charge in [0.25, 0.3) is 0 Å². The summed E-state index contributed by atoms with van der Waals surface area (Å²) in [5.74, 6) is -0.103. The van der Waals surface area contributed by atoms with Gasteiger partial charge < -0.3 is 9.15 Å². The van der Waals surface area contributed by atoms with Crippen LogP contribution in [0.4, 0.5) is 4.39 Å². The predicted molar refractivity (Wildman–Crippen MR) is 85.5 cm³/mol. The van der Waals surface area contributed by atoms with Crippen molar-refractivity contribution in [3.05, 3.63) is 63.7 Å². The summed E-state index contributed by atoms with van der Waals surface area (Å²) in [6, 6.07) is 5.57. The van der Waals surface area contributed by atoms with Crippen LogP contribution in [0.15, 0.2) is 39.7 Å². The number of rotatable bonds is 4. The van der Waals surface area contributed by atoms with E-state index in [9.17, 15) is 9.18 Å². The Balaban J connectivity index is 1.95. The Morgan fingerprint density at radius 1 is 1.25 bits per heavy atom. The molecule has 0 amide bonds. The molecular weight excluding hydrogens is 313 g/mol. The number of aryl methyl sites for hydroxylation is 1. The smallest absolute Gasteiger partial charge is 0.437 e. The van der Waals surface area contributed by atoms with Crippen LogP contribution in [-0.2, 0) is 6.54 Å². The van der Waals surface area contributed by atoms with Gasteiger partial charge in [-0.05, 0) is 38.1 Å². The van der Waals surface area contributed by atoms with Crippen LogP contribution in [0.5, 0.6) is 5.75 Å². The van der Waals surface area contributed by atoms with Gasteiger partial charge in [0, 0.05) is 22.9 Å². The second-order valence-electron chi connectivity index (χ2n) is 5.38. The van der Waals surface area contributed by atoms with E-state index in [2.05, 4.69) is 10.1 Å². The second-order valence-corrected chi connectivity index (χ2v) is 5.38. The van der Waals surface area contributed by atoms with Crippen molar-refractivity contribution in [1.29, 1.82) is 0 Å². The topological polar surface area (TPSA) is 70.2 Å². The molecule has 0 atom stereocenters. The highest BCUT2D eigenvalue weighted by Crippen LogP contribution is 2.24. The summed E-state index contributed by atoms with van der Waals surface area (Å²) in [4.78, 5) is 16.4. The third-order valence-corrected chi connectivity index (χ3v) is 3.75. The molecule has 0 aliphatic rings. The van der Waals surface area contributed by atoms with Crippen molar-refractivity contribution < 1.29 is 13.5 Å². The Labute approximate surface area is 137 Å². The SMILES string of the molecule is COc1c(C)cnc(Cn2nc(-c3ccc(F)cc3)oc2=O)c1C. The van der Waals surface area contributed by atoms with Crippen LogP contribution in [0, 0.1) is 19.7 Å². The summed E-state index contributed by atoms with van der Waals surface area (Å²) >= 11 is 0. The van der Waals surface area contributed by atoms with Gasteiger partial charge in [-0.1, -0.05) is 0 Å². The zero-order valence-corrected chi connectivity index (χ0v) is 13.5. The first-order valence-electron chi connectivity index (χ1n) is 7.32. The van der Waals surface area contributed by atoms with Crippen LogP contribution in [0.3, 0.4) is 0 Å². The highest BCUT2D eigenvalue weighted by atomic mass is 19.1. The summed E-state index contributed by atoms with van der Waals surface area (Å²) in [5.41, 5.74) is 2.95. The van der Waals surface area contributed by atoms with E-state index in [-0.39, 0.29) is 18.3 Å². The normalized spacial score (nSPS) is 10.8. The molecule has 7 heteroatoms. The van der Waals surface area contributed by atoms with Gasteiger partial charge in [0.1, 0.15) is 11.6 Å². The quantitative estimate of drug-likeness (QED) is 0.736. The number of benzene rings is 1. The molecule has 0 spiro atoms. The number of ether oxygens (including phenoxy) is 1. The number of nitrogens with zero attached hydrogens (tertiary/aromatic N) is 3. The van der Waals surface area contributed by atoms with E-state index in [0.717, 1.165) is 16.9 Å². The molecule has 0 fully saturated rings. The van der Waals surface area contributed by atoms with E-state index in [1.54, 1.807) is 13.3 Å². The molecule has 0 saturated heterocycles. The first-order chi connectivity index (χ1) is 11.5. The molecule has 0 radical (unpaired) electrons. The predicted octanol–water partition coefficient (Wildman–Crippen LogP) is 2.71. The van der Waals surface area contributed by atoms with Crippen molar-refractivity contribution >= 4 is 0 Å². The third kappa shape index (κ3) is 2.92. The van der Waals surface area contributed by atoms with Crippen molar-refractivity contribution in [3.8, 4) is 17.2 Å². The van der Waals surface area contributed by atoms with Gasteiger partial charge in [0.15, 0.2) is 0 Å². The van der Waals surface area contributed by atoms with Crippen LogP contribution >= 0.6 is 0 Å². The molecular formula is C17H16FN3O3. The third-order valence-electron chi connectivity index (χ3n) is 3.75. The second kappa shape index (κ2) is 6.27. The van der Waals surface area contributed by atoms with Gasteiger partial charge in [-0.25, -0.2) is 9.18 Å². The van der Waals surface area contributed by atoms with E-state index in [4.69, 9.17) is 9.15 Å². The van der Waals surface area contributed by atoms with Crippen LogP contribution in [0.25, 0.3) is 11.5 Å². The van der Waals surface area contributed by atoms with Crippen molar-refractivity contribution in [2.45, 2.75) is 20.4 Å². The van der Waals surface area contributed by atoms with Gasteiger partial charge >= 0.3 is 5.76 Å². The summed E-state index contributed by atoms with van der Waals surface area (Å²) < 4.78 is 24.7. The lowest BCUT2D eigenvalue weighted by molar-refractivity contribution is 0.406. The fourth-order valence-electron chi connectivity index (χ4n) is 2.49. The summed E-state index contributed by atoms with van der Waals surface area (Å²) in [6.45, 7) is 3.93. The van der Waals surface area contributed by atoms with Crippen LogP contribution in [-0.4, -0.2) is 21.9 Å². The van der Waals surface area contributed by atoms with Crippen LogP contribution in [0.1, 0.15) is 16.8 Å². The molecule has 24 heavy (non-hydrogen) atoms. The highest BCUT2D eigenvalue weighted by Gasteiger charge is 2.15. The molecule has 0 aliphatic carbocycles. The fraction of sp³-hybridized carbons (Fsp3) is 0.235. The van der Waals surface area contributed by atoms with Gasteiger partial charge in [-0.15, -0.1) is 5.10 Å². The molecule has 2 aromatic heterocycles. The van der Waals surface area contributed by atoms with Gasteiger partial charge in [-0.3, -0.25) is 4.98 Å². The number of halogens is 1.